The zero-order valence-corrected chi connectivity index (χ0v) is 16.9. The van der Waals surface area contributed by atoms with Gasteiger partial charge in [0.05, 0.1) is 12.8 Å². The van der Waals surface area contributed by atoms with Gasteiger partial charge in [0.15, 0.2) is 12.1 Å². The van der Waals surface area contributed by atoms with Crippen LogP contribution in [0.15, 0.2) is 63.3 Å². The van der Waals surface area contributed by atoms with Gasteiger partial charge in [-0.25, -0.2) is 4.90 Å². The molecule has 148 valence electrons. The lowest BCUT2D eigenvalue weighted by Gasteiger charge is -2.20. The van der Waals surface area contributed by atoms with Gasteiger partial charge in [-0.15, -0.1) is 0 Å². The molecule has 2 atom stereocenters. The summed E-state index contributed by atoms with van der Waals surface area (Å²) in [6.45, 7) is -0.198. The highest BCUT2D eigenvalue weighted by atomic mass is 79.9. The Morgan fingerprint density at radius 1 is 1.10 bits per heavy atom. The van der Waals surface area contributed by atoms with Crippen molar-refractivity contribution in [3.05, 3.63) is 53.0 Å². The van der Waals surface area contributed by atoms with Crippen molar-refractivity contribution in [2.45, 2.75) is 12.1 Å². The monoisotopic (exact) mass is 457 g/mol. The molecule has 0 aliphatic carbocycles. The Hall–Kier alpha value is -3.27. The first kappa shape index (κ1) is 19.1. The first-order chi connectivity index (χ1) is 14.0. The number of fused-ring (bicyclic) bond motifs is 1. The molecule has 2 aromatic carbocycles. The quantitative estimate of drug-likeness (QED) is 0.694. The van der Waals surface area contributed by atoms with Gasteiger partial charge in [-0.2, -0.15) is 5.11 Å². The zero-order chi connectivity index (χ0) is 20.5. The van der Waals surface area contributed by atoms with Crippen LogP contribution in [0.3, 0.4) is 0 Å². The van der Waals surface area contributed by atoms with Gasteiger partial charge >= 0.3 is 0 Å². The van der Waals surface area contributed by atoms with Gasteiger partial charge in [-0.3, -0.25) is 19.4 Å². The van der Waals surface area contributed by atoms with Crippen LogP contribution in [0.2, 0.25) is 0 Å². The molecule has 10 heteroatoms. The van der Waals surface area contributed by atoms with E-state index in [-0.39, 0.29) is 12.5 Å². The maximum Gasteiger partial charge on any atom is 0.263 e. The number of rotatable bonds is 5. The number of hydrogen-bond acceptors (Lipinski definition) is 7. The molecule has 0 aromatic heterocycles. The van der Waals surface area contributed by atoms with Crippen molar-refractivity contribution in [3.8, 4) is 5.75 Å². The molecule has 9 nitrogen and oxygen atoms in total. The topological polar surface area (TPSA) is 104 Å². The molecule has 2 heterocycles. The maximum absolute atomic E-state index is 12.9. The Kier molecular flexibility index (Phi) is 5.01. The molecule has 1 fully saturated rings. The first-order valence-electron chi connectivity index (χ1n) is 8.72. The number of amides is 3. The Morgan fingerprint density at radius 2 is 1.79 bits per heavy atom. The van der Waals surface area contributed by atoms with Crippen LogP contribution in [-0.4, -0.2) is 48.5 Å². The number of benzene rings is 2. The summed E-state index contributed by atoms with van der Waals surface area (Å²) in [4.78, 5) is 39.0. The van der Waals surface area contributed by atoms with Crippen LogP contribution in [0.1, 0.15) is 0 Å². The molecule has 1 saturated heterocycles. The van der Waals surface area contributed by atoms with Gasteiger partial charge in [-0.1, -0.05) is 21.2 Å². The molecule has 0 bridgehead atoms. The molecule has 0 radical (unpaired) electrons. The molecule has 2 aromatic rings. The highest BCUT2D eigenvalue weighted by molar-refractivity contribution is 9.10. The van der Waals surface area contributed by atoms with Gasteiger partial charge in [0.1, 0.15) is 12.3 Å². The molecule has 0 spiro atoms. The van der Waals surface area contributed by atoms with Crippen LogP contribution in [0.4, 0.5) is 11.4 Å². The van der Waals surface area contributed by atoms with Crippen LogP contribution >= 0.6 is 15.9 Å². The van der Waals surface area contributed by atoms with Gasteiger partial charge in [0, 0.05) is 10.2 Å². The van der Waals surface area contributed by atoms with Crippen molar-refractivity contribution in [2.24, 2.45) is 10.3 Å². The van der Waals surface area contributed by atoms with E-state index in [0.29, 0.717) is 17.1 Å². The van der Waals surface area contributed by atoms with Crippen molar-refractivity contribution in [2.75, 3.05) is 23.9 Å². The van der Waals surface area contributed by atoms with E-state index in [9.17, 15) is 14.4 Å². The minimum Gasteiger partial charge on any atom is -0.497 e. The smallest absolute Gasteiger partial charge is 0.263 e. The Morgan fingerprint density at radius 3 is 2.45 bits per heavy atom. The van der Waals surface area contributed by atoms with Crippen LogP contribution in [0.25, 0.3) is 0 Å². The highest BCUT2D eigenvalue weighted by Crippen LogP contribution is 2.32. The van der Waals surface area contributed by atoms with Crippen molar-refractivity contribution >= 4 is 45.0 Å². The number of nitrogens with zero attached hydrogens (tertiary/aromatic N) is 4. The number of methoxy groups -OCH3 is 1. The van der Waals surface area contributed by atoms with E-state index in [0.717, 1.165) is 9.37 Å². The lowest BCUT2D eigenvalue weighted by molar-refractivity contribution is -0.123. The third-order valence-corrected chi connectivity index (χ3v) is 5.15. The molecular formula is C19H16BrN5O4. The lowest BCUT2D eigenvalue weighted by atomic mass is 10.1. The van der Waals surface area contributed by atoms with E-state index in [1.54, 1.807) is 48.5 Å². The summed E-state index contributed by atoms with van der Waals surface area (Å²) < 4.78 is 5.99. The number of nitrogens with one attached hydrogen (secondary N) is 1. The number of anilines is 2. The second kappa shape index (κ2) is 7.63. The van der Waals surface area contributed by atoms with E-state index in [1.165, 1.54) is 12.1 Å². The van der Waals surface area contributed by atoms with Gasteiger partial charge < -0.3 is 10.1 Å². The van der Waals surface area contributed by atoms with Gasteiger partial charge in [0.25, 0.3) is 11.8 Å². The van der Waals surface area contributed by atoms with Crippen LogP contribution in [0, 0.1) is 0 Å². The average molecular weight is 458 g/mol. The van der Waals surface area contributed by atoms with E-state index in [4.69, 9.17) is 4.74 Å². The molecule has 2 unspecified atom stereocenters. The predicted molar refractivity (Wildman–Crippen MR) is 107 cm³/mol. The van der Waals surface area contributed by atoms with Crippen LogP contribution in [0.5, 0.6) is 5.75 Å². The van der Waals surface area contributed by atoms with E-state index < -0.39 is 23.9 Å². The normalized spacial score (nSPS) is 20.2. The van der Waals surface area contributed by atoms with Crippen molar-refractivity contribution in [3.63, 3.8) is 0 Å². The summed E-state index contributed by atoms with van der Waals surface area (Å²) in [5, 5.41) is 11.8. The number of halogens is 1. The van der Waals surface area contributed by atoms with Crippen molar-refractivity contribution in [1.82, 2.24) is 5.01 Å². The van der Waals surface area contributed by atoms with Gasteiger partial charge in [0.2, 0.25) is 5.91 Å². The number of imide groups is 1. The Bertz CT molecular complexity index is 993. The molecule has 1 N–H and O–H groups in total. The summed E-state index contributed by atoms with van der Waals surface area (Å²) in [5.41, 5.74) is 1.03. The van der Waals surface area contributed by atoms with E-state index >= 15 is 0 Å². The van der Waals surface area contributed by atoms with E-state index in [1.807, 2.05) is 0 Å². The molecule has 2 aliphatic heterocycles. The van der Waals surface area contributed by atoms with E-state index in [2.05, 4.69) is 31.6 Å². The number of ether oxygens (including phenoxy) is 1. The summed E-state index contributed by atoms with van der Waals surface area (Å²) in [6.07, 6.45) is 0. The number of carbonyl (C=O) groups excluding carboxylic acids is 3. The average Bonchev–Trinajstić information content (AvgIpc) is 3.23. The minimum absolute atomic E-state index is 0.198. The summed E-state index contributed by atoms with van der Waals surface area (Å²) in [7, 11) is 1.53. The molecular weight excluding hydrogens is 442 g/mol. The lowest BCUT2D eigenvalue weighted by Crippen LogP contribution is -2.43. The van der Waals surface area contributed by atoms with Gasteiger partial charge in [-0.05, 0) is 48.5 Å². The molecule has 29 heavy (non-hydrogen) atoms. The number of carbonyl (C=O) groups is 3. The maximum atomic E-state index is 12.9. The highest BCUT2D eigenvalue weighted by Gasteiger charge is 2.55. The van der Waals surface area contributed by atoms with Crippen LogP contribution in [-0.2, 0) is 14.4 Å². The third kappa shape index (κ3) is 3.58. The fourth-order valence-corrected chi connectivity index (χ4v) is 3.48. The van der Waals surface area contributed by atoms with Crippen molar-refractivity contribution < 1.29 is 19.1 Å². The summed E-state index contributed by atoms with van der Waals surface area (Å²) in [6, 6.07) is 11.8. The largest absolute Gasteiger partial charge is 0.497 e. The van der Waals surface area contributed by atoms with Crippen molar-refractivity contribution in [1.29, 1.82) is 0 Å². The Labute approximate surface area is 174 Å². The third-order valence-electron chi connectivity index (χ3n) is 4.62. The number of hydrogen-bond donors (Lipinski definition) is 1. The molecule has 3 amide bonds. The second-order valence-corrected chi connectivity index (χ2v) is 7.37. The summed E-state index contributed by atoms with van der Waals surface area (Å²) >= 11 is 3.33. The zero-order valence-electron chi connectivity index (χ0n) is 15.3. The fraction of sp³-hybridized carbons (Fsp3) is 0.211. The fourth-order valence-electron chi connectivity index (χ4n) is 3.22. The minimum atomic E-state index is -0.954. The first-order valence-corrected chi connectivity index (χ1v) is 9.52. The predicted octanol–water partition coefficient (Wildman–Crippen LogP) is 2.39. The second-order valence-electron chi connectivity index (χ2n) is 6.46. The van der Waals surface area contributed by atoms with Crippen LogP contribution < -0.4 is 15.0 Å². The Balaban J connectivity index is 1.47. The molecule has 4 rings (SSSR count). The standard InChI is InChI=1S/C19H16BrN5O4/c1-29-14-8-6-13(7-9-14)25-18(27)16-17(19(25)28)24(23-22-16)10-15(26)21-12-4-2-11(20)3-5-12/h2-9,16-17H,10H2,1H3,(H,21,26). The molecule has 0 saturated carbocycles. The molecule has 2 aliphatic rings. The summed E-state index contributed by atoms with van der Waals surface area (Å²) in [5.74, 6) is -0.689. The SMILES string of the molecule is COc1ccc(N2C(=O)C3N=NN(CC(=O)Nc4ccc(Br)cc4)C3C2=O)cc1.